The Balaban J connectivity index is 1.73. The molecule has 0 spiro atoms. The van der Waals surface area contributed by atoms with Gasteiger partial charge in [-0.1, -0.05) is 29.8 Å². The maximum Gasteiger partial charge on any atom is 0.322 e. The van der Waals surface area contributed by atoms with Crippen molar-refractivity contribution in [1.82, 2.24) is 20.5 Å². The molecular formula is C19H22N4O3S. The monoisotopic (exact) mass is 386 g/mol. The molecule has 8 heteroatoms. The second-order valence-corrected chi connectivity index (χ2v) is 7.77. The normalized spacial score (nSPS) is 17.4. The molecule has 2 N–H and O–H groups in total. The maximum absolute atomic E-state index is 12.6. The number of nitrogens with zero attached hydrogens (tertiary/aromatic N) is 2. The summed E-state index contributed by atoms with van der Waals surface area (Å²) < 4.78 is 0. The quantitative estimate of drug-likeness (QED) is 0.773. The van der Waals surface area contributed by atoms with Gasteiger partial charge in [-0.3, -0.25) is 14.9 Å². The molecule has 7 nitrogen and oxygen atoms in total. The number of imide groups is 1. The number of carbonyl (C=O) groups excluding carboxylic acids is 3. The zero-order chi connectivity index (χ0) is 19.7. The van der Waals surface area contributed by atoms with E-state index < -0.39 is 18.0 Å². The van der Waals surface area contributed by atoms with E-state index in [0.717, 1.165) is 21.1 Å². The molecule has 0 unspecified atom stereocenters. The first kappa shape index (κ1) is 19.0. The van der Waals surface area contributed by atoms with Crippen molar-refractivity contribution in [3.8, 4) is 10.6 Å². The number of hydrogen-bond donors (Lipinski definition) is 2. The van der Waals surface area contributed by atoms with Crippen LogP contribution < -0.4 is 10.6 Å². The summed E-state index contributed by atoms with van der Waals surface area (Å²) in [4.78, 5) is 42.7. The van der Waals surface area contributed by atoms with Gasteiger partial charge in [-0.05, 0) is 20.8 Å². The van der Waals surface area contributed by atoms with Gasteiger partial charge in [0.15, 0.2) is 0 Å². The van der Waals surface area contributed by atoms with Crippen LogP contribution in [-0.2, 0) is 9.59 Å². The molecule has 1 aliphatic rings. The molecule has 2 atom stereocenters. The van der Waals surface area contributed by atoms with Crippen LogP contribution in [0.15, 0.2) is 24.3 Å². The summed E-state index contributed by atoms with van der Waals surface area (Å²) in [7, 11) is 1.70. The topological polar surface area (TPSA) is 91.4 Å². The van der Waals surface area contributed by atoms with E-state index in [2.05, 4.69) is 15.6 Å². The van der Waals surface area contributed by atoms with Crippen molar-refractivity contribution < 1.29 is 14.4 Å². The summed E-state index contributed by atoms with van der Waals surface area (Å²) in [5.41, 5.74) is 3.12. The molecule has 3 rings (SSSR count). The lowest BCUT2D eigenvalue weighted by atomic mass is 10.1. The highest BCUT2D eigenvalue weighted by Gasteiger charge is 2.33. The van der Waals surface area contributed by atoms with Gasteiger partial charge in [0.2, 0.25) is 5.91 Å². The Kier molecular flexibility index (Phi) is 5.27. The number of benzene rings is 1. The number of nitrogens with one attached hydrogen (secondary N) is 2. The molecule has 1 aliphatic heterocycles. The van der Waals surface area contributed by atoms with Crippen molar-refractivity contribution in [3.63, 3.8) is 0 Å². The molecule has 2 heterocycles. The lowest BCUT2D eigenvalue weighted by Gasteiger charge is -2.25. The molecule has 1 fully saturated rings. The molecule has 0 aliphatic carbocycles. The van der Waals surface area contributed by atoms with E-state index in [0.29, 0.717) is 0 Å². The minimum Gasteiger partial charge on any atom is -0.338 e. The van der Waals surface area contributed by atoms with Crippen LogP contribution >= 0.6 is 11.3 Å². The molecule has 1 saturated heterocycles. The van der Waals surface area contributed by atoms with Crippen LogP contribution in [0, 0.1) is 13.8 Å². The number of thiazole rings is 1. The predicted molar refractivity (Wildman–Crippen MR) is 103 cm³/mol. The van der Waals surface area contributed by atoms with Gasteiger partial charge in [0, 0.05) is 12.6 Å². The van der Waals surface area contributed by atoms with E-state index in [-0.39, 0.29) is 18.4 Å². The minimum absolute atomic E-state index is 0.0684. The minimum atomic E-state index is -0.815. The highest BCUT2D eigenvalue weighted by Crippen LogP contribution is 2.34. The summed E-state index contributed by atoms with van der Waals surface area (Å²) in [6.07, 6.45) is -0.0684. The highest BCUT2D eigenvalue weighted by molar-refractivity contribution is 7.15. The van der Waals surface area contributed by atoms with Gasteiger partial charge in [0.25, 0.3) is 5.91 Å². The van der Waals surface area contributed by atoms with E-state index in [4.69, 9.17) is 0 Å². The Morgan fingerprint density at radius 3 is 2.52 bits per heavy atom. The average molecular weight is 386 g/mol. The molecular weight excluding hydrogens is 364 g/mol. The molecule has 1 aromatic carbocycles. The van der Waals surface area contributed by atoms with Gasteiger partial charge in [0.1, 0.15) is 11.0 Å². The first-order valence-corrected chi connectivity index (χ1v) is 9.49. The number of rotatable bonds is 5. The summed E-state index contributed by atoms with van der Waals surface area (Å²) in [6.45, 7) is 5.91. The molecule has 2 aromatic rings. The molecule has 0 saturated carbocycles. The van der Waals surface area contributed by atoms with Gasteiger partial charge >= 0.3 is 6.03 Å². The zero-order valence-corrected chi connectivity index (χ0v) is 16.5. The molecule has 0 bridgehead atoms. The number of aryl methyl sites for hydroxylation is 2. The van der Waals surface area contributed by atoms with E-state index in [1.807, 2.05) is 45.0 Å². The summed E-state index contributed by atoms with van der Waals surface area (Å²) >= 11 is 1.56. The van der Waals surface area contributed by atoms with Crippen LogP contribution in [0.25, 0.3) is 10.6 Å². The third kappa shape index (κ3) is 4.00. The fourth-order valence-electron chi connectivity index (χ4n) is 2.93. The Hall–Kier alpha value is -2.74. The maximum atomic E-state index is 12.6. The van der Waals surface area contributed by atoms with Crippen LogP contribution in [0.4, 0.5) is 4.79 Å². The number of amides is 4. The van der Waals surface area contributed by atoms with Gasteiger partial charge in [-0.25, -0.2) is 9.78 Å². The van der Waals surface area contributed by atoms with Crippen molar-refractivity contribution in [1.29, 1.82) is 0 Å². The largest absolute Gasteiger partial charge is 0.338 e. The first-order valence-electron chi connectivity index (χ1n) is 8.67. The van der Waals surface area contributed by atoms with Crippen LogP contribution in [0.1, 0.15) is 35.5 Å². The fourth-order valence-corrected chi connectivity index (χ4v) is 4.10. The third-order valence-corrected chi connectivity index (χ3v) is 6.10. The SMILES string of the molecule is Cc1ccc(-c2nc(C)c([C@H](C)N(C)C(=O)C[C@@H]3NC(=O)NC3=O)s2)cc1. The highest BCUT2D eigenvalue weighted by atomic mass is 32.1. The Morgan fingerprint density at radius 2 is 1.93 bits per heavy atom. The van der Waals surface area contributed by atoms with Crippen LogP contribution in [0.3, 0.4) is 0 Å². The molecule has 0 radical (unpaired) electrons. The van der Waals surface area contributed by atoms with Crippen LogP contribution in [0.2, 0.25) is 0 Å². The number of urea groups is 1. The predicted octanol–water partition coefficient (Wildman–Crippen LogP) is 2.54. The molecule has 4 amide bonds. The Morgan fingerprint density at radius 1 is 1.26 bits per heavy atom. The van der Waals surface area contributed by atoms with Crippen LogP contribution in [0.5, 0.6) is 0 Å². The second kappa shape index (κ2) is 7.48. The number of hydrogen-bond acceptors (Lipinski definition) is 5. The average Bonchev–Trinajstić information content (AvgIpc) is 3.16. The fraction of sp³-hybridized carbons (Fsp3) is 0.368. The van der Waals surface area contributed by atoms with Crippen molar-refractivity contribution in [2.24, 2.45) is 0 Å². The zero-order valence-electron chi connectivity index (χ0n) is 15.7. The Bertz CT molecular complexity index is 891. The second-order valence-electron chi connectivity index (χ2n) is 6.73. The van der Waals surface area contributed by atoms with Crippen LogP contribution in [-0.4, -0.2) is 40.8 Å². The van der Waals surface area contributed by atoms with Crippen molar-refractivity contribution in [2.75, 3.05) is 7.05 Å². The molecule has 142 valence electrons. The summed E-state index contributed by atoms with van der Waals surface area (Å²) in [5, 5.41) is 5.51. The van der Waals surface area contributed by atoms with E-state index in [1.165, 1.54) is 5.56 Å². The van der Waals surface area contributed by atoms with E-state index >= 15 is 0 Å². The van der Waals surface area contributed by atoms with Gasteiger partial charge in [-0.2, -0.15) is 0 Å². The lowest BCUT2D eigenvalue weighted by Crippen LogP contribution is -2.38. The standard InChI is InChI=1S/C19H22N4O3S/c1-10-5-7-13(8-6-10)18-20-11(2)16(27-18)12(3)23(4)15(24)9-14-17(25)22-19(26)21-14/h5-8,12,14H,9H2,1-4H3,(H2,21,22,25,26)/t12-,14-/m0/s1. The van der Waals surface area contributed by atoms with Gasteiger partial charge < -0.3 is 10.2 Å². The smallest absolute Gasteiger partial charge is 0.322 e. The van der Waals surface area contributed by atoms with Crippen molar-refractivity contribution in [3.05, 3.63) is 40.4 Å². The van der Waals surface area contributed by atoms with Crippen molar-refractivity contribution >= 4 is 29.2 Å². The van der Waals surface area contributed by atoms with Crippen molar-refractivity contribution in [2.45, 2.75) is 39.3 Å². The van der Waals surface area contributed by atoms with E-state index in [1.54, 1.807) is 23.3 Å². The number of carbonyl (C=O) groups is 3. The van der Waals surface area contributed by atoms with Gasteiger partial charge in [-0.15, -0.1) is 11.3 Å². The van der Waals surface area contributed by atoms with Gasteiger partial charge in [0.05, 0.1) is 23.0 Å². The number of aromatic nitrogens is 1. The summed E-state index contributed by atoms with van der Waals surface area (Å²) in [5.74, 6) is -0.681. The first-order chi connectivity index (χ1) is 12.8. The molecule has 27 heavy (non-hydrogen) atoms. The molecule has 1 aromatic heterocycles. The van der Waals surface area contributed by atoms with E-state index in [9.17, 15) is 14.4 Å². The Labute approximate surface area is 161 Å². The summed E-state index contributed by atoms with van der Waals surface area (Å²) in [6, 6.07) is 6.61. The lowest BCUT2D eigenvalue weighted by molar-refractivity contribution is -0.134. The third-order valence-electron chi connectivity index (χ3n) is 4.72.